The number of nitrogens with two attached hydrogens (primary N) is 1. The third-order valence-electron chi connectivity index (χ3n) is 3.89. The topological polar surface area (TPSA) is 55.1 Å². The van der Waals surface area contributed by atoms with Gasteiger partial charge in [-0.15, -0.1) is 23.7 Å². The molecule has 3 nitrogen and oxygen atoms in total. The first-order valence-electron chi connectivity index (χ1n) is 7.68. The molecule has 3 unspecified atom stereocenters. The monoisotopic (exact) mass is 352 g/mol. The maximum Gasteiger partial charge on any atom is 0.224 e. The number of carbonyl (C=O) groups excluding carboxylic acids is 1. The summed E-state index contributed by atoms with van der Waals surface area (Å²) in [5.74, 6) is 0.202. The Hall–Kier alpha value is -1.36. The average Bonchev–Trinajstić information content (AvgIpc) is 3.05. The van der Waals surface area contributed by atoms with Crippen molar-refractivity contribution in [3.8, 4) is 0 Å². The maximum absolute atomic E-state index is 12.3. The van der Waals surface area contributed by atoms with Crippen LogP contribution in [0.2, 0.25) is 0 Å². The lowest BCUT2D eigenvalue weighted by atomic mass is 9.94. The summed E-state index contributed by atoms with van der Waals surface area (Å²) < 4.78 is 0. The Kier molecular flexibility index (Phi) is 8.31. The molecule has 0 saturated heterocycles. The third kappa shape index (κ3) is 5.98. The second-order valence-electron chi connectivity index (χ2n) is 5.86. The van der Waals surface area contributed by atoms with Gasteiger partial charge in [0.2, 0.25) is 5.91 Å². The van der Waals surface area contributed by atoms with Crippen LogP contribution >= 0.6 is 23.7 Å². The SMILES string of the molecule is CC(CNC(=O)C(C)C(N)c1ccccc1)Cc1cccs1.Cl. The van der Waals surface area contributed by atoms with E-state index in [9.17, 15) is 4.79 Å². The predicted octanol–water partition coefficient (Wildman–Crippen LogP) is 3.80. The minimum Gasteiger partial charge on any atom is -0.356 e. The molecule has 5 heteroatoms. The van der Waals surface area contributed by atoms with E-state index in [2.05, 4.69) is 29.8 Å². The molecule has 1 amide bonds. The molecule has 0 saturated carbocycles. The number of hydrogen-bond donors (Lipinski definition) is 2. The minimum atomic E-state index is -0.270. The van der Waals surface area contributed by atoms with Gasteiger partial charge in [0.15, 0.2) is 0 Å². The zero-order chi connectivity index (χ0) is 15.9. The summed E-state index contributed by atoms with van der Waals surface area (Å²) >= 11 is 1.76. The summed E-state index contributed by atoms with van der Waals surface area (Å²) in [6.45, 7) is 4.72. The van der Waals surface area contributed by atoms with Gasteiger partial charge in [-0.2, -0.15) is 0 Å². The van der Waals surface area contributed by atoms with Crippen LogP contribution in [0.3, 0.4) is 0 Å². The summed E-state index contributed by atoms with van der Waals surface area (Å²) in [5, 5.41) is 5.12. The zero-order valence-electron chi connectivity index (χ0n) is 13.6. The number of rotatable bonds is 7. The molecule has 0 bridgehead atoms. The van der Waals surface area contributed by atoms with Gasteiger partial charge < -0.3 is 11.1 Å². The standard InChI is InChI=1S/C18H24N2OS.ClH/c1-13(11-16-9-6-10-22-16)12-20-18(21)14(2)17(19)15-7-4-3-5-8-15;/h3-10,13-14,17H,11-12,19H2,1-2H3,(H,20,21);1H. The molecule has 3 N–H and O–H groups in total. The first kappa shape index (κ1) is 19.7. The normalized spacial score (nSPS) is 14.4. The molecule has 1 heterocycles. The number of carbonyl (C=O) groups is 1. The molecule has 3 atom stereocenters. The van der Waals surface area contributed by atoms with Gasteiger partial charge in [0.25, 0.3) is 0 Å². The van der Waals surface area contributed by atoms with E-state index in [1.165, 1.54) is 4.88 Å². The Morgan fingerprint density at radius 3 is 2.48 bits per heavy atom. The van der Waals surface area contributed by atoms with Crippen LogP contribution in [0.25, 0.3) is 0 Å². The Balaban J connectivity index is 0.00000264. The van der Waals surface area contributed by atoms with Gasteiger partial charge in [0, 0.05) is 17.5 Å². The van der Waals surface area contributed by atoms with Crippen molar-refractivity contribution >= 4 is 29.7 Å². The fraction of sp³-hybridized carbons (Fsp3) is 0.389. The first-order chi connectivity index (χ1) is 10.6. The molecule has 0 aliphatic heterocycles. The van der Waals surface area contributed by atoms with E-state index in [-0.39, 0.29) is 30.3 Å². The Morgan fingerprint density at radius 1 is 1.17 bits per heavy atom. The minimum absolute atomic E-state index is 0. The van der Waals surface area contributed by atoms with E-state index in [0.29, 0.717) is 12.5 Å². The number of nitrogens with one attached hydrogen (secondary N) is 1. The van der Waals surface area contributed by atoms with Gasteiger partial charge in [0.05, 0.1) is 5.92 Å². The molecule has 2 aromatic rings. The highest BCUT2D eigenvalue weighted by Crippen LogP contribution is 2.19. The highest BCUT2D eigenvalue weighted by Gasteiger charge is 2.22. The highest BCUT2D eigenvalue weighted by molar-refractivity contribution is 7.09. The van der Waals surface area contributed by atoms with Crippen LogP contribution in [0.5, 0.6) is 0 Å². The third-order valence-corrected chi connectivity index (χ3v) is 4.79. The molecule has 1 aromatic heterocycles. The molecule has 2 rings (SSSR count). The number of amides is 1. The molecule has 0 fully saturated rings. The zero-order valence-corrected chi connectivity index (χ0v) is 15.2. The molecule has 0 aliphatic rings. The number of hydrogen-bond acceptors (Lipinski definition) is 3. The molecule has 23 heavy (non-hydrogen) atoms. The van der Waals surface area contributed by atoms with Crippen molar-refractivity contribution in [3.63, 3.8) is 0 Å². The number of thiophene rings is 1. The van der Waals surface area contributed by atoms with Crippen molar-refractivity contribution < 1.29 is 4.79 Å². The van der Waals surface area contributed by atoms with Crippen molar-refractivity contribution in [3.05, 3.63) is 58.3 Å². The fourth-order valence-corrected chi connectivity index (χ4v) is 3.28. The van der Waals surface area contributed by atoms with Gasteiger partial charge in [-0.25, -0.2) is 0 Å². The van der Waals surface area contributed by atoms with Gasteiger partial charge >= 0.3 is 0 Å². The van der Waals surface area contributed by atoms with Crippen molar-refractivity contribution in [1.29, 1.82) is 0 Å². The van der Waals surface area contributed by atoms with Crippen molar-refractivity contribution in [1.82, 2.24) is 5.32 Å². The fourth-order valence-electron chi connectivity index (χ4n) is 2.41. The van der Waals surface area contributed by atoms with Crippen LogP contribution in [-0.2, 0) is 11.2 Å². The van der Waals surface area contributed by atoms with E-state index in [4.69, 9.17) is 5.73 Å². The van der Waals surface area contributed by atoms with Gasteiger partial charge in [-0.1, -0.05) is 50.2 Å². The second-order valence-corrected chi connectivity index (χ2v) is 6.89. The quantitative estimate of drug-likeness (QED) is 0.796. The molecule has 1 aromatic carbocycles. The number of halogens is 1. The lowest BCUT2D eigenvalue weighted by Gasteiger charge is -2.21. The lowest BCUT2D eigenvalue weighted by molar-refractivity contribution is -0.125. The van der Waals surface area contributed by atoms with Crippen LogP contribution in [0.1, 0.15) is 30.3 Å². The van der Waals surface area contributed by atoms with E-state index in [0.717, 1.165) is 12.0 Å². The Bertz CT molecular complexity index is 574. The lowest BCUT2D eigenvalue weighted by Crippen LogP contribution is -2.37. The van der Waals surface area contributed by atoms with Crippen LogP contribution < -0.4 is 11.1 Å². The van der Waals surface area contributed by atoms with E-state index >= 15 is 0 Å². The van der Waals surface area contributed by atoms with Crippen molar-refractivity contribution in [2.24, 2.45) is 17.6 Å². The summed E-state index contributed by atoms with van der Waals surface area (Å²) in [5.41, 5.74) is 7.19. The Labute approximate surface area is 148 Å². The van der Waals surface area contributed by atoms with Crippen LogP contribution in [0.15, 0.2) is 47.8 Å². The van der Waals surface area contributed by atoms with E-state index < -0.39 is 0 Å². The largest absolute Gasteiger partial charge is 0.356 e. The van der Waals surface area contributed by atoms with Crippen molar-refractivity contribution in [2.45, 2.75) is 26.3 Å². The van der Waals surface area contributed by atoms with Gasteiger partial charge in [0.1, 0.15) is 0 Å². The molecule has 0 aliphatic carbocycles. The molecule has 126 valence electrons. The van der Waals surface area contributed by atoms with Gasteiger partial charge in [-0.3, -0.25) is 4.79 Å². The molecular formula is C18H25ClN2OS. The summed E-state index contributed by atoms with van der Waals surface area (Å²) in [6, 6.07) is 13.7. The predicted molar refractivity (Wildman–Crippen MR) is 100.0 cm³/mol. The summed E-state index contributed by atoms with van der Waals surface area (Å²) in [6.07, 6.45) is 0.997. The average molecular weight is 353 g/mol. The van der Waals surface area contributed by atoms with Gasteiger partial charge in [-0.05, 0) is 29.3 Å². The second kappa shape index (κ2) is 9.71. The maximum atomic E-state index is 12.3. The van der Waals surface area contributed by atoms with Crippen LogP contribution in [-0.4, -0.2) is 12.5 Å². The van der Waals surface area contributed by atoms with Crippen LogP contribution in [0, 0.1) is 11.8 Å². The molecule has 0 spiro atoms. The molecular weight excluding hydrogens is 328 g/mol. The highest BCUT2D eigenvalue weighted by atomic mass is 35.5. The van der Waals surface area contributed by atoms with E-state index in [1.807, 2.05) is 37.3 Å². The smallest absolute Gasteiger partial charge is 0.224 e. The number of benzene rings is 1. The van der Waals surface area contributed by atoms with Crippen molar-refractivity contribution in [2.75, 3.05) is 6.54 Å². The summed E-state index contributed by atoms with van der Waals surface area (Å²) in [4.78, 5) is 13.6. The first-order valence-corrected chi connectivity index (χ1v) is 8.56. The summed E-state index contributed by atoms with van der Waals surface area (Å²) in [7, 11) is 0. The van der Waals surface area contributed by atoms with Crippen LogP contribution in [0.4, 0.5) is 0 Å². The Morgan fingerprint density at radius 2 is 1.87 bits per heavy atom. The molecule has 0 radical (unpaired) electrons. The van der Waals surface area contributed by atoms with E-state index in [1.54, 1.807) is 11.3 Å².